The van der Waals surface area contributed by atoms with E-state index in [2.05, 4.69) is 6.58 Å². The van der Waals surface area contributed by atoms with E-state index >= 15 is 0 Å². The van der Waals surface area contributed by atoms with E-state index in [4.69, 9.17) is 9.52 Å². The van der Waals surface area contributed by atoms with Gasteiger partial charge in [0, 0.05) is 18.6 Å². The molecule has 0 unspecified atom stereocenters. The van der Waals surface area contributed by atoms with E-state index in [-0.39, 0.29) is 12.0 Å². The number of allylic oxidation sites excluding steroid dienone is 1. The Morgan fingerprint density at radius 1 is 1.50 bits per heavy atom. The quantitative estimate of drug-likeness (QED) is 0.677. The van der Waals surface area contributed by atoms with Gasteiger partial charge in [0.05, 0.1) is 0 Å². The fourth-order valence-electron chi connectivity index (χ4n) is 0.907. The van der Waals surface area contributed by atoms with Crippen molar-refractivity contribution in [3.05, 3.63) is 46.5 Å². The summed E-state index contributed by atoms with van der Waals surface area (Å²) in [7, 11) is 0. The highest BCUT2D eigenvalue weighted by Gasteiger charge is 1.98. The lowest BCUT2D eigenvalue weighted by atomic mass is 10.3. The number of aliphatic hydroxyl groups is 1. The molecule has 0 aliphatic rings. The van der Waals surface area contributed by atoms with E-state index in [1.807, 2.05) is 0 Å². The number of aliphatic hydroxyl groups excluding tert-OH is 1. The molecule has 1 heterocycles. The maximum atomic E-state index is 10.9. The Bertz CT molecular complexity index is 325. The van der Waals surface area contributed by atoms with Gasteiger partial charge >= 0.3 is 0 Å². The zero-order valence-electron chi connectivity index (χ0n) is 6.62. The highest BCUT2D eigenvalue weighted by Crippen LogP contribution is 2.02. The van der Waals surface area contributed by atoms with Gasteiger partial charge in [-0.2, -0.15) is 0 Å². The molecule has 0 aromatic carbocycles. The van der Waals surface area contributed by atoms with Crippen molar-refractivity contribution in [2.45, 2.75) is 13.0 Å². The minimum absolute atomic E-state index is 0.151. The Kier molecular flexibility index (Phi) is 2.82. The van der Waals surface area contributed by atoms with Gasteiger partial charge in [-0.15, -0.1) is 6.58 Å². The standard InChI is InChI=1S/C9H10O3/c1-2-3-8-4-7(11)5-9(6-10)12-8/h2,4-5,10H,1,3,6H2. The van der Waals surface area contributed by atoms with Crippen molar-refractivity contribution in [2.24, 2.45) is 0 Å². The van der Waals surface area contributed by atoms with E-state index in [1.165, 1.54) is 12.1 Å². The Hall–Kier alpha value is -1.35. The van der Waals surface area contributed by atoms with Crippen LogP contribution < -0.4 is 5.43 Å². The first-order valence-electron chi connectivity index (χ1n) is 3.61. The van der Waals surface area contributed by atoms with E-state index in [1.54, 1.807) is 6.08 Å². The van der Waals surface area contributed by atoms with Crippen molar-refractivity contribution in [2.75, 3.05) is 0 Å². The third-order valence-corrected chi connectivity index (χ3v) is 1.37. The summed E-state index contributed by atoms with van der Waals surface area (Å²) in [6.07, 6.45) is 2.14. The molecule has 12 heavy (non-hydrogen) atoms. The first kappa shape index (κ1) is 8.74. The molecule has 0 fully saturated rings. The van der Waals surface area contributed by atoms with Crippen molar-refractivity contribution in [3.63, 3.8) is 0 Å². The van der Waals surface area contributed by atoms with Crippen LogP contribution in [0.3, 0.4) is 0 Å². The van der Waals surface area contributed by atoms with Crippen molar-refractivity contribution in [1.29, 1.82) is 0 Å². The molecular weight excluding hydrogens is 156 g/mol. The maximum absolute atomic E-state index is 10.9. The van der Waals surface area contributed by atoms with Gasteiger partial charge in [-0.25, -0.2) is 0 Å². The van der Waals surface area contributed by atoms with Crippen LogP contribution in [0.1, 0.15) is 11.5 Å². The Morgan fingerprint density at radius 2 is 2.17 bits per heavy atom. The van der Waals surface area contributed by atoms with Crippen LogP contribution in [0.4, 0.5) is 0 Å². The van der Waals surface area contributed by atoms with Gasteiger partial charge in [-0.05, 0) is 0 Å². The summed E-state index contributed by atoms with van der Waals surface area (Å²) in [5.41, 5.74) is -0.151. The van der Waals surface area contributed by atoms with Gasteiger partial charge in [0.1, 0.15) is 18.1 Å². The van der Waals surface area contributed by atoms with Gasteiger partial charge in [0.15, 0.2) is 5.43 Å². The maximum Gasteiger partial charge on any atom is 0.185 e. The zero-order chi connectivity index (χ0) is 8.97. The third kappa shape index (κ3) is 2.07. The van der Waals surface area contributed by atoms with E-state index in [9.17, 15) is 4.79 Å². The molecule has 1 aromatic heterocycles. The average molecular weight is 166 g/mol. The molecule has 0 atom stereocenters. The molecule has 0 amide bonds. The summed E-state index contributed by atoms with van der Waals surface area (Å²) in [6, 6.07) is 2.66. The molecular formula is C9H10O3. The smallest absolute Gasteiger partial charge is 0.185 e. The lowest BCUT2D eigenvalue weighted by Crippen LogP contribution is -2.02. The lowest BCUT2D eigenvalue weighted by Gasteiger charge is -1.98. The van der Waals surface area contributed by atoms with Crippen LogP contribution in [-0.4, -0.2) is 5.11 Å². The molecule has 1 rings (SSSR count). The van der Waals surface area contributed by atoms with Crippen molar-refractivity contribution in [3.8, 4) is 0 Å². The summed E-state index contributed by atoms with van der Waals surface area (Å²) in [6.45, 7) is 3.27. The Balaban J connectivity index is 3.05. The molecule has 0 radical (unpaired) electrons. The Morgan fingerprint density at radius 3 is 2.75 bits per heavy atom. The monoisotopic (exact) mass is 166 g/mol. The van der Waals surface area contributed by atoms with Gasteiger partial charge in [-0.3, -0.25) is 4.79 Å². The highest BCUT2D eigenvalue weighted by molar-refractivity contribution is 5.07. The van der Waals surface area contributed by atoms with Crippen LogP contribution in [0.15, 0.2) is 34.0 Å². The minimum atomic E-state index is -0.250. The molecule has 1 N–H and O–H groups in total. The summed E-state index contributed by atoms with van der Waals surface area (Å²) < 4.78 is 5.13. The molecule has 0 bridgehead atoms. The van der Waals surface area contributed by atoms with Gasteiger partial charge in [-0.1, -0.05) is 6.08 Å². The average Bonchev–Trinajstić information content (AvgIpc) is 2.04. The number of hydrogen-bond acceptors (Lipinski definition) is 3. The molecule has 1 aromatic rings. The first-order chi connectivity index (χ1) is 5.76. The number of rotatable bonds is 3. The van der Waals surface area contributed by atoms with Gasteiger partial charge in [0.25, 0.3) is 0 Å². The Labute approximate surface area is 70.0 Å². The van der Waals surface area contributed by atoms with Crippen LogP contribution in [0.2, 0.25) is 0 Å². The van der Waals surface area contributed by atoms with Crippen LogP contribution in [0, 0.1) is 0 Å². The molecule has 3 nitrogen and oxygen atoms in total. The van der Waals surface area contributed by atoms with Crippen LogP contribution in [0.5, 0.6) is 0 Å². The third-order valence-electron chi connectivity index (χ3n) is 1.37. The van der Waals surface area contributed by atoms with E-state index in [0.717, 1.165) is 0 Å². The van der Waals surface area contributed by atoms with Gasteiger partial charge in [0.2, 0.25) is 0 Å². The van der Waals surface area contributed by atoms with E-state index in [0.29, 0.717) is 17.9 Å². The molecule has 3 heteroatoms. The SMILES string of the molecule is C=CCc1cc(=O)cc(CO)o1. The lowest BCUT2D eigenvalue weighted by molar-refractivity contribution is 0.240. The topological polar surface area (TPSA) is 50.4 Å². The van der Waals surface area contributed by atoms with Crippen LogP contribution >= 0.6 is 0 Å². The minimum Gasteiger partial charge on any atom is -0.463 e. The predicted molar refractivity (Wildman–Crippen MR) is 44.8 cm³/mol. The molecule has 0 aliphatic heterocycles. The summed E-state index contributed by atoms with van der Waals surface area (Å²) in [4.78, 5) is 10.9. The first-order valence-corrected chi connectivity index (χ1v) is 3.61. The fraction of sp³-hybridized carbons (Fsp3) is 0.222. The van der Waals surface area contributed by atoms with Crippen molar-refractivity contribution >= 4 is 0 Å². The fourth-order valence-corrected chi connectivity index (χ4v) is 0.907. The molecule has 0 saturated carbocycles. The van der Waals surface area contributed by atoms with Crippen molar-refractivity contribution < 1.29 is 9.52 Å². The van der Waals surface area contributed by atoms with Crippen LogP contribution in [0.25, 0.3) is 0 Å². The largest absolute Gasteiger partial charge is 0.463 e. The molecule has 0 saturated heterocycles. The highest BCUT2D eigenvalue weighted by atomic mass is 16.4. The summed E-state index contributed by atoms with van der Waals surface area (Å²) in [5, 5.41) is 8.70. The van der Waals surface area contributed by atoms with Gasteiger partial charge < -0.3 is 9.52 Å². The summed E-state index contributed by atoms with van der Waals surface area (Å²) >= 11 is 0. The molecule has 0 spiro atoms. The second kappa shape index (κ2) is 3.88. The number of hydrogen-bond donors (Lipinski definition) is 1. The van der Waals surface area contributed by atoms with E-state index < -0.39 is 0 Å². The second-order valence-electron chi connectivity index (χ2n) is 2.38. The van der Waals surface area contributed by atoms with Crippen molar-refractivity contribution in [1.82, 2.24) is 0 Å². The summed E-state index contributed by atoms with van der Waals surface area (Å²) in [5.74, 6) is 0.820. The molecule has 64 valence electrons. The van der Waals surface area contributed by atoms with Crippen LogP contribution in [-0.2, 0) is 13.0 Å². The zero-order valence-corrected chi connectivity index (χ0v) is 6.62. The molecule has 0 aliphatic carbocycles. The normalized spacial score (nSPS) is 9.75. The second-order valence-corrected chi connectivity index (χ2v) is 2.38. The predicted octanol–water partition coefficient (Wildman–Crippen LogP) is 0.861.